The van der Waals surface area contributed by atoms with E-state index in [0.29, 0.717) is 0 Å². The van der Waals surface area contributed by atoms with Gasteiger partial charge in [0.1, 0.15) is 11.5 Å². The Kier molecular flexibility index (Phi) is 3.04. The highest BCUT2D eigenvalue weighted by molar-refractivity contribution is 7.99. The van der Waals surface area contributed by atoms with E-state index in [1.54, 1.807) is 11.1 Å². The average molecular weight is 409 g/mol. The first kappa shape index (κ1) is 16.5. The summed E-state index contributed by atoms with van der Waals surface area (Å²) in [6, 6.07) is 22.7. The molecule has 4 bridgehead atoms. The van der Waals surface area contributed by atoms with Gasteiger partial charge in [0.15, 0.2) is 0 Å². The molecule has 0 amide bonds. The smallest absolute Gasteiger partial charge is 0.141 e. The summed E-state index contributed by atoms with van der Waals surface area (Å²) in [4.78, 5) is 2.49. The minimum atomic E-state index is 0.222. The Morgan fingerprint density at radius 1 is 0.667 bits per heavy atom. The Morgan fingerprint density at radius 3 is 2.23 bits per heavy atom. The molecule has 3 aromatic carbocycles. The van der Waals surface area contributed by atoms with Crippen molar-refractivity contribution in [3.05, 3.63) is 71.8 Å². The third kappa shape index (κ3) is 1.88. The van der Waals surface area contributed by atoms with E-state index in [-0.39, 0.29) is 5.41 Å². The van der Waals surface area contributed by atoms with Gasteiger partial charge in [-0.15, -0.1) is 0 Å². The Labute approximate surface area is 181 Å². The van der Waals surface area contributed by atoms with Crippen molar-refractivity contribution in [1.82, 2.24) is 0 Å². The zero-order valence-electron chi connectivity index (χ0n) is 16.9. The molecule has 3 aromatic rings. The largest absolute Gasteiger partial charge is 0.455 e. The van der Waals surface area contributed by atoms with E-state index in [9.17, 15) is 0 Å². The van der Waals surface area contributed by atoms with Gasteiger partial charge < -0.3 is 4.74 Å². The number of hydrogen-bond acceptors (Lipinski definition) is 2. The van der Waals surface area contributed by atoms with Crippen molar-refractivity contribution in [2.75, 3.05) is 0 Å². The fourth-order valence-corrected chi connectivity index (χ4v) is 9.14. The molecular formula is C28H24OS. The normalized spacial score (nSPS) is 33.6. The molecule has 4 saturated carbocycles. The quantitative estimate of drug-likeness (QED) is 0.295. The number of hydrogen-bond donors (Lipinski definition) is 0. The summed E-state index contributed by atoms with van der Waals surface area (Å²) >= 11 is 1.86. The summed E-state index contributed by atoms with van der Waals surface area (Å²) in [6.45, 7) is 0. The molecule has 1 spiro atoms. The number of benzene rings is 3. The second-order valence-electron chi connectivity index (χ2n) is 10.2. The Hall–Kier alpha value is -2.19. The topological polar surface area (TPSA) is 9.23 Å². The van der Waals surface area contributed by atoms with Crippen LogP contribution in [0.15, 0.2) is 70.5 Å². The molecule has 0 radical (unpaired) electrons. The monoisotopic (exact) mass is 408 g/mol. The molecule has 0 atom stereocenters. The molecular weight excluding hydrogens is 384 g/mol. The zero-order chi connectivity index (χ0) is 19.4. The maximum absolute atomic E-state index is 6.47. The zero-order valence-corrected chi connectivity index (χ0v) is 17.8. The molecule has 1 aliphatic heterocycles. The molecule has 1 nitrogen and oxygen atoms in total. The average Bonchev–Trinajstić information content (AvgIpc) is 3.04. The van der Waals surface area contributed by atoms with Gasteiger partial charge in [-0.25, -0.2) is 0 Å². The highest BCUT2D eigenvalue weighted by atomic mass is 32.2. The van der Waals surface area contributed by atoms with Crippen LogP contribution in [-0.4, -0.2) is 0 Å². The number of para-hydroxylation sites is 1. The fourth-order valence-electron chi connectivity index (χ4n) is 8.17. The van der Waals surface area contributed by atoms with Gasteiger partial charge in [0.05, 0.1) is 9.79 Å². The van der Waals surface area contributed by atoms with Gasteiger partial charge in [-0.2, -0.15) is 0 Å². The maximum Gasteiger partial charge on any atom is 0.141 e. The van der Waals surface area contributed by atoms with E-state index in [1.165, 1.54) is 53.0 Å². The van der Waals surface area contributed by atoms with Crippen molar-refractivity contribution < 1.29 is 4.74 Å². The van der Waals surface area contributed by atoms with Crippen molar-refractivity contribution in [2.24, 2.45) is 23.7 Å². The van der Waals surface area contributed by atoms with Crippen molar-refractivity contribution in [1.29, 1.82) is 0 Å². The first-order valence-corrected chi connectivity index (χ1v) is 12.4. The molecule has 9 rings (SSSR count). The number of ether oxygens (including phenoxy) is 1. The van der Waals surface area contributed by atoms with Crippen LogP contribution in [0.25, 0.3) is 11.1 Å². The fraction of sp³-hybridized carbons (Fsp3) is 0.357. The minimum Gasteiger partial charge on any atom is -0.455 e. The van der Waals surface area contributed by atoms with Crippen LogP contribution in [-0.2, 0) is 5.41 Å². The predicted molar refractivity (Wildman–Crippen MR) is 120 cm³/mol. The lowest BCUT2D eigenvalue weighted by Crippen LogP contribution is -2.55. The van der Waals surface area contributed by atoms with Crippen LogP contribution in [0.5, 0.6) is 11.5 Å². The van der Waals surface area contributed by atoms with E-state index in [1.807, 2.05) is 11.8 Å². The van der Waals surface area contributed by atoms with E-state index in [4.69, 9.17) is 4.74 Å². The summed E-state index contributed by atoms with van der Waals surface area (Å²) < 4.78 is 6.47. The third-order valence-corrected chi connectivity index (χ3v) is 10.0. The lowest BCUT2D eigenvalue weighted by molar-refractivity contribution is -0.0400. The van der Waals surface area contributed by atoms with Gasteiger partial charge in [-0.1, -0.05) is 48.2 Å². The second-order valence-corrected chi connectivity index (χ2v) is 11.3. The lowest BCUT2D eigenvalue weighted by Gasteiger charge is -2.61. The Bertz CT molecular complexity index is 1200. The van der Waals surface area contributed by atoms with Crippen LogP contribution < -0.4 is 4.74 Å². The van der Waals surface area contributed by atoms with Crippen LogP contribution in [0.4, 0.5) is 0 Å². The second kappa shape index (κ2) is 5.53. The van der Waals surface area contributed by atoms with Gasteiger partial charge in [-0.05, 0) is 102 Å². The van der Waals surface area contributed by atoms with Crippen molar-refractivity contribution in [2.45, 2.75) is 47.3 Å². The Balaban J connectivity index is 1.38. The summed E-state index contributed by atoms with van der Waals surface area (Å²) in [5.41, 5.74) is 6.39. The summed E-state index contributed by atoms with van der Waals surface area (Å²) in [5, 5.41) is 0. The van der Waals surface area contributed by atoms with Crippen LogP contribution in [0.2, 0.25) is 0 Å². The summed E-state index contributed by atoms with van der Waals surface area (Å²) in [5.74, 6) is 5.63. The third-order valence-electron chi connectivity index (χ3n) is 8.91. The number of rotatable bonds is 0. The molecule has 2 heteroatoms. The molecule has 0 N–H and O–H groups in total. The lowest BCUT2D eigenvalue weighted by atomic mass is 9.43. The van der Waals surface area contributed by atoms with Crippen LogP contribution >= 0.6 is 11.8 Å². The minimum absolute atomic E-state index is 0.222. The molecule has 0 saturated heterocycles. The van der Waals surface area contributed by atoms with Crippen molar-refractivity contribution >= 4 is 11.8 Å². The Morgan fingerprint density at radius 2 is 1.40 bits per heavy atom. The highest BCUT2D eigenvalue weighted by Crippen LogP contribution is 2.70. The van der Waals surface area contributed by atoms with E-state index >= 15 is 0 Å². The molecule has 0 aromatic heterocycles. The summed E-state index contributed by atoms with van der Waals surface area (Å²) in [6.07, 6.45) is 7.21. The molecule has 148 valence electrons. The van der Waals surface area contributed by atoms with Gasteiger partial charge >= 0.3 is 0 Å². The first-order valence-electron chi connectivity index (χ1n) is 11.5. The van der Waals surface area contributed by atoms with Gasteiger partial charge in [-0.3, -0.25) is 0 Å². The van der Waals surface area contributed by atoms with E-state index in [2.05, 4.69) is 60.7 Å². The van der Waals surface area contributed by atoms with Gasteiger partial charge in [0, 0.05) is 5.41 Å². The first-order chi connectivity index (χ1) is 14.8. The predicted octanol–water partition coefficient (Wildman–Crippen LogP) is 7.67. The SMILES string of the molecule is c1ccc2c(c1)Oc1cc3c(cc1S2)-c1ccccc1C31C2CC3CC(C2)CC1C3. The number of fused-ring (bicyclic) bond motifs is 5. The standard InChI is InChI=1S/C28H24OS/c1-2-6-22-20(5-1)21-14-27-25(29-24-7-3-4-8-26(24)30-27)15-23(21)28(22)18-10-16-9-17(12-18)13-19(28)11-16/h1-8,14-19H,9-13H2. The van der Waals surface area contributed by atoms with E-state index in [0.717, 1.165) is 35.2 Å². The molecule has 30 heavy (non-hydrogen) atoms. The van der Waals surface area contributed by atoms with Crippen LogP contribution in [0, 0.1) is 23.7 Å². The van der Waals surface area contributed by atoms with Gasteiger partial charge in [0.25, 0.3) is 0 Å². The summed E-state index contributed by atoms with van der Waals surface area (Å²) in [7, 11) is 0. The van der Waals surface area contributed by atoms with E-state index < -0.39 is 0 Å². The molecule has 1 heterocycles. The van der Waals surface area contributed by atoms with Crippen molar-refractivity contribution in [3.63, 3.8) is 0 Å². The maximum atomic E-state index is 6.47. The molecule has 4 fully saturated rings. The van der Waals surface area contributed by atoms with Crippen molar-refractivity contribution in [3.8, 4) is 22.6 Å². The highest BCUT2D eigenvalue weighted by Gasteiger charge is 2.61. The van der Waals surface area contributed by atoms with Gasteiger partial charge in [0.2, 0.25) is 0 Å². The molecule has 5 aliphatic carbocycles. The molecule has 0 unspecified atom stereocenters. The van der Waals surface area contributed by atoms with Crippen LogP contribution in [0.1, 0.15) is 43.2 Å². The van der Waals surface area contributed by atoms with Crippen LogP contribution in [0.3, 0.4) is 0 Å². The molecule has 6 aliphatic rings.